The molecule has 120 valence electrons. The van der Waals surface area contributed by atoms with Crippen LogP contribution >= 0.6 is 15.9 Å². The Morgan fingerprint density at radius 2 is 2.04 bits per heavy atom. The van der Waals surface area contributed by atoms with Crippen molar-refractivity contribution in [1.82, 2.24) is 0 Å². The van der Waals surface area contributed by atoms with E-state index in [1.54, 1.807) is 36.5 Å². The number of rotatable bonds is 4. The van der Waals surface area contributed by atoms with Crippen molar-refractivity contribution >= 4 is 33.3 Å². The average Bonchev–Trinajstić information content (AvgIpc) is 3.07. The van der Waals surface area contributed by atoms with Crippen LogP contribution < -0.4 is 10.3 Å². The Kier molecular flexibility index (Phi) is 4.39. The number of nitrogens with zero attached hydrogens (tertiary/aromatic N) is 1. The minimum atomic E-state index is -0.483. The van der Waals surface area contributed by atoms with Gasteiger partial charge in [-0.15, -0.1) is 0 Å². The van der Waals surface area contributed by atoms with Crippen molar-refractivity contribution in [3.05, 3.63) is 75.1 Å². The van der Waals surface area contributed by atoms with Gasteiger partial charge in [-0.25, -0.2) is 15.1 Å². The number of carbonyl (C=O) groups excluding carboxylic acids is 1. The Bertz CT molecular complexity index is 906. The van der Waals surface area contributed by atoms with Gasteiger partial charge < -0.3 is 4.42 Å². The first kappa shape index (κ1) is 15.9. The molecule has 1 amide bonds. The summed E-state index contributed by atoms with van der Waals surface area (Å²) in [6, 6.07) is 12.6. The number of amides is 1. The van der Waals surface area contributed by atoms with E-state index in [4.69, 9.17) is 4.42 Å². The number of pyridine rings is 1. The molecule has 0 saturated heterocycles. The van der Waals surface area contributed by atoms with Crippen molar-refractivity contribution < 1.29 is 19.1 Å². The Hall–Kier alpha value is -3.00. The number of furan rings is 1. The molecule has 2 aromatic heterocycles. The third-order valence-corrected chi connectivity index (χ3v) is 3.69. The summed E-state index contributed by atoms with van der Waals surface area (Å²) in [5.74, 6) is 0.568. The molecule has 24 heavy (non-hydrogen) atoms. The van der Waals surface area contributed by atoms with Gasteiger partial charge in [0.25, 0.3) is 11.5 Å². The quantitative estimate of drug-likeness (QED) is 0.543. The van der Waals surface area contributed by atoms with E-state index in [9.17, 15) is 14.9 Å². The number of aromatic amines is 1. The number of hydrogen-bond donors (Lipinski definition) is 1. The minimum absolute atomic E-state index is 0.0423. The van der Waals surface area contributed by atoms with Gasteiger partial charge in [0.2, 0.25) is 5.76 Å². The summed E-state index contributed by atoms with van der Waals surface area (Å²) < 4.78 is 6.36. The van der Waals surface area contributed by atoms with Crippen molar-refractivity contribution in [2.24, 2.45) is 0 Å². The SMILES string of the molecule is O=C(Nc1ccc(Br)c[nH+]1)c1ccc(-c2cccc([N+](=O)[O-])c2)o1. The van der Waals surface area contributed by atoms with Gasteiger partial charge in [-0.05, 0) is 34.1 Å². The number of H-pyrrole nitrogens is 1. The van der Waals surface area contributed by atoms with E-state index in [1.165, 1.54) is 18.2 Å². The topological polar surface area (TPSA) is 99.5 Å². The summed E-state index contributed by atoms with van der Waals surface area (Å²) in [6.07, 6.45) is 1.69. The lowest BCUT2D eigenvalue weighted by molar-refractivity contribution is -0.384. The van der Waals surface area contributed by atoms with Crippen LogP contribution in [0.2, 0.25) is 0 Å². The Labute approximate surface area is 144 Å². The average molecular weight is 389 g/mol. The number of hydrogen-bond acceptors (Lipinski definition) is 4. The van der Waals surface area contributed by atoms with Gasteiger partial charge in [0.1, 0.15) is 12.0 Å². The first-order valence-electron chi connectivity index (χ1n) is 6.86. The maximum atomic E-state index is 12.2. The molecule has 7 nitrogen and oxygen atoms in total. The number of aromatic nitrogens is 1. The smallest absolute Gasteiger partial charge is 0.374 e. The highest BCUT2D eigenvalue weighted by Gasteiger charge is 2.18. The summed E-state index contributed by atoms with van der Waals surface area (Å²) in [5.41, 5.74) is 0.484. The fourth-order valence-electron chi connectivity index (χ4n) is 2.06. The molecule has 0 aliphatic heterocycles. The van der Waals surface area contributed by atoms with Gasteiger partial charge in [0.05, 0.1) is 9.40 Å². The molecule has 0 unspecified atom stereocenters. The predicted octanol–water partition coefficient (Wildman–Crippen LogP) is 3.68. The largest absolute Gasteiger partial charge is 0.448 e. The van der Waals surface area contributed by atoms with Crippen molar-refractivity contribution in [1.29, 1.82) is 0 Å². The number of benzene rings is 1. The normalized spacial score (nSPS) is 10.4. The molecule has 8 heteroatoms. The molecule has 0 fully saturated rings. The van der Waals surface area contributed by atoms with Crippen LogP contribution in [0.25, 0.3) is 11.3 Å². The van der Waals surface area contributed by atoms with E-state index >= 15 is 0 Å². The lowest BCUT2D eigenvalue weighted by Gasteiger charge is -1.98. The van der Waals surface area contributed by atoms with Crippen LogP contribution in [0, 0.1) is 10.1 Å². The third kappa shape index (κ3) is 3.49. The number of halogens is 1. The number of carbonyl (C=O) groups is 1. The number of anilines is 1. The third-order valence-electron chi connectivity index (χ3n) is 3.19. The van der Waals surface area contributed by atoms with Crippen LogP contribution in [0.1, 0.15) is 10.6 Å². The molecule has 0 spiro atoms. The highest BCUT2D eigenvalue weighted by Crippen LogP contribution is 2.26. The fraction of sp³-hybridized carbons (Fsp3) is 0. The number of nitrogens with one attached hydrogen (secondary N) is 2. The standard InChI is InChI=1S/C16H10BrN3O4/c17-11-4-7-15(18-9-11)19-16(21)14-6-5-13(24-14)10-2-1-3-12(8-10)20(22)23/h1-9H,(H,18,19,21)/p+1. The summed E-state index contributed by atoms with van der Waals surface area (Å²) in [6.45, 7) is 0. The number of nitro benzene ring substituents is 1. The molecular formula is C16H11BrN3O4+. The summed E-state index contributed by atoms with van der Waals surface area (Å²) in [5, 5.41) is 13.5. The predicted molar refractivity (Wildman–Crippen MR) is 89.4 cm³/mol. The Balaban J connectivity index is 1.80. The van der Waals surface area contributed by atoms with Crippen molar-refractivity contribution in [2.45, 2.75) is 0 Å². The molecule has 0 aliphatic carbocycles. The number of non-ortho nitro benzene ring substituents is 1. The van der Waals surface area contributed by atoms with Crippen molar-refractivity contribution in [3.63, 3.8) is 0 Å². The molecule has 0 radical (unpaired) electrons. The minimum Gasteiger partial charge on any atom is -0.448 e. The second kappa shape index (κ2) is 6.63. The van der Waals surface area contributed by atoms with Gasteiger partial charge >= 0.3 is 5.91 Å². The van der Waals surface area contributed by atoms with E-state index in [-0.39, 0.29) is 11.4 Å². The van der Waals surface area contributed by atoms with Gasteiger partial charge in [-0.2, -0.15) is 0 Å². The van der Waals surface area contributed by atoms with E-state index < -0.39 is 10.8 Å². The second-order valence-electron chi connectivity index (χ2n) is 4.85. The second-order valence-corrected chi connectivity index (χ2v) is 5.76. The lowest BCUT2D eigenvalue weighted by Crippen LogP contribution is -2.18. The van der Waals surface area contributed by atoms with Crippen LogP contribution in [0.15, 0.2) is 63.6 Å². The molecular weight excluding hydrogens is 378 g/mol. The molecule has 3 aromatic rings. The maximum absolute atomic E-state index is 12.2. The van der Waals surface area contributed by atoms with Gasteiger partial charge in [0, 0.05) is 23.8 Å². The van der Waals surface area contributed by atoms with Crippen LogP contribution in [-0.4, -0.2) is 10.8 Å². The molecule has 2 N–H and O–H groups in total. The summed E-state index contributed by atoms with van der Waals surface area (Å²) in [7, 11) is 0. The van der Waals surface area contributed by atoms with Crippen LogP contribution in [0.5, 0.6) is 0 Å². The van der Waals surface area contributed by atoms with E-state index in [0.717, 1.165) is 4.47 Å². The van der Waals surface area contributed by atoms with E-state index in [2.05, 4.69) is 26.2 Å². The number of nitro groups is 1. The van der Waals surface area contributed by atoms with Crippen molar-refractivity contribution in [3.8, 4) is 11.3 Å². The van der Waals surface area contributed by atoms with Crippen LogP contribution in [-0.2, 0) is 0 Å². The lowest BCUT2D eigenvalue weighted by atomic mass is 10.1. The first-order valence-corrected chi connectivity index (χ1v) is 7.65. The fourth-order valence-corrected chi connectivity index (χ4v) is 2.30. The highest BCUT2D eigenvalue weighted by atomic mass is 79.9. The zero-order valence-corrected chi connectivity index (χ0v) is 13.7. The van der Waals surface area contributed by atoms with Crippen LogP contribution in [0.4, 0.5) is 11.5 Å². The maximum Gasteiger partial charge on any atom is 0.374 e. The van der Waals surface area contributed by atoms with Gasteiger partial charge in [-0.3, -0.25) is 10.1 Å². The summed E-state index contributed by atoms with van der Waals surface area (Å²) >= 11 is 3.29. The Morgan fingerprint density at radius 3 is 2.75 bits per heavy atom. The van der Waals surface area contributed by atoms with Gasteiger partial charge in [-0.1, -0.05) is 12.1 Å². The molecule has 0 bridgehead atoms. The summed E-state index contributed by atoms with van der Waals surface area (Å²) in [4.78, 5) is 25.4. The Morgan fingerprint density at radius 1 is 1.21 bits per heavy atom. The molecule has 0 saturated carbocycles. The zero-order valence-electron chi connectivity index (χ0n) is 12.2. The van der Waals surface area contributed by atoms with E-state index in [0.29, 0.717) is 17.1 Å². The van der Waals surface area contributed by atoms with Crippen molar-refractivity contribution in [2.75, 3.05) is 5.32 Å². The monoisotopic (exact) mass is 388 g/mol. The molecule has 0 aliphatic rings. The zero-order chi connectivity index (χ0) is 17.1. The molecule has 0 atom stereocenters. The molecule has 1 aromatic carbocycles. The van der Waals surface area contributed by atoms with Crippen LogP contribution in [0.3, 0.4) is 0 Å². The molecule has 3 rings (SSSR count). The molecule has 2 heterocycles. The highest BCUT2D eigenvalue weighted by molar-refractivity contribution is 9.10. The first-order chi connectivity index (χ1) is 11.5. The van der Waals surface area contributed by atoms with Gasteiger partial charge in [0.15, 0.2) is 0 Å². The van der Waals surface area contributed by atoms with E-state index in [1.807, 2.05) is 0 Å².